The first-order chi connectivity index (χ1) is 13.7. The van der Waals surface area contributed by atoms with Gasteiger partial charge in [0.05, 0.1) is 7.11 Å². The van der Waals surface area contributed by atoms with Crippen molar-refractivity contribution in [1.82, 2.24) is 4.57 Å². The second-order valence-corrected chi connectivity index (χ2v) is 7.41. The van der Waals surface area contributed by atoms with Gasteiger partial charge < -0.3 is 19.1 Å². The summed E-state index contributed by atoms with van der Waals surface area (Å²) < 4.78 is 12.3. The predicted molar refractivity (Wildman–Crippen MR) is 112 cm³/mol. The van der Waals surface area contributed by atoms with Crippen molar-refractivity contribution >= 4 is 17.8 Å². The van der Waals surface area contributed by atoms with E-state index in [9.17, 15) is 14.7 Å². The number of rotatable bonds is 9. The Morgan fingerprint density at radius 2 is 1.93 bits per heavy atom. The molecule has 0 amide bonds. The summed E-state index contributed by atoms with van der Waals surface area (Å²) in [5.74, 6) is 0.0740. The topological polar surface area (TPSA) is 77.8 Å². The third-order valence-electron chi connectivity index (χ3n) is 4.77. The van der Waals surface area contributed by atoms with Gasteiger partial charge in [-0.15, -0.1) is 0 Å². The van der Waals surface area contributed by atoms with Crippen molar-refractivity contribution in [3.8, 4) is 11.5 Å². The number of ketones is 1. The SMILES string of the molecule is COc1cc(C=CC(=O)OCC(=O)c2cc(C)n(CCC(C)C)c2C)ccc1O. The lowest BCUT2D eigenvalue weighted by Crippen LogP contribution is -2.14. The van der Waals surface area contributed by atoms with E-state index >= 15 is 0 Å². The largest absolute Gasteiger partial charge is 0.504 e. The average molecular weight is 399 g/mol. The molecular weight excluding hydrogens is 370 g/mol. The highest BCUT2D eigenvalue weighted by Gasteiger charge is 2.17. The molecule has 0 aliphatic carbocycles. The van der Waals surface area contributed by atoms with E-state index in [2.05, 4.69) is 18.4 Å². The van der Waals surface area contributed by atoms with Gasteiger partial charge in [-0.05, 0) is 56.0 Å². The van der Waals surface area contributed by atoms with Crippen molar-refractivity contribution in [2.75, 3.05) is 13.7 Å². The van der Waals surface area contributed by atoms with Gasteiger partial charge in [0, 0.05) is 29.6 Å². The second-order valence-electron chi connectivity index (χ2n) is 7.41. The normalized spacial score (nSPS) is 11.2. The molecule has 156 valence electrons. The van der Waals surface area contributed by atoms with Crippen LogP contribution in [0.2, 0.25) is 0 Å². The van der Waals surface area contributed by atoms with Crippen molar-refractivity contribution < 1.29 is 24.2 Å². The molecular formula is C23H29NO5. The number of hydrogen-bond donors (Lipinski definition) is 1. The van der Waals surface area contributed by atoms with Crippen molar-refractivity contribution in [2.24, 2.45) is 5.92 Å². The summed E-state index contributed by atoms with van der Waals surface area (Å²) in [5, 5.41) is 9.59. The highest BCUT2D eigenvalue weighted by Crippen LogP contribution is 2.26. The maximum Gasteiger partial charge on any atom is 0.331 e. The molecule has 2 rings (SSSR count). The number of aryl methyl sites for hydroxylation is 1. The van der Waals surface area contributed by atoms with Gasteiger partial charge in [-0.25, -0.2) is 4.79 Å². The molecule has 1 aromatic heterocycles. The van der Waals surface area contributed by atoms with Gasteiger partial charge in [-0.2, -0.15) is 0 Å². The molecule has 1 aromatic carbocycles. The van der Waals surface area contributed by atoms with E-state index in [-0.39, 0.29) is 18.1 Å². The zero-order valence-electron chi connectivity index (χ0n) is 17.7. The maximum absolute atomic E-state index is 12.5. The number of phenolic OH excluding ortho intramolecular Hbond substituents is 1. The smallest absolute Gasteiger partial charge is 0.331 e. The molecule has 0 saturated carbocycles. The van der Waals surface area contributed by atoms with Crippen LogP contribution in [0.5, 0.6) is 11.5 Å². The van der Waals surface area contributed by atoms with Crippen LogP contribution in [-0.2, 0) is 16.1 Å². The monoisotopic (exact) mass is 399 g/mol. The number of nitrogens with zero attached hydrogens (tertiary/aromatic N) is 1. The molecule has 0 bridgehead atoms. The Balaban J connectivity index is 1.96. The first kappa shape index (κ1) is 22.3. The summed E-state index contributed by atoms with van der Waals surface area (Å²) in [4.78, 5) is 24.5. The molecule has 1 N–H and O–H groups in total. The number of Topliss-reactive ketones (excluding diaryl/α,β-unsaturated/α-hetero) is 1. The Hall–Kier alpha value is -3.02. The lowest BCUT2D eigenvalue weighted by atomic mass is 10.1. The van der Waals surface area contributed by atoms with Crippen molar-refractivity contribution in [3.63, 3.8) is 0 Å². The van der Waals surface area contributed by atoms with Gasteiger partial charge in [0.15, 0.2) is 18.1 Å². The molecule has 1 heterocycles. The number of hydrogen-bond acceptors (Lipinski definition) is 5. The number of phenols is 1. The van der Waals surface area contributed by atoms with Crippen LogP contribution in [0.25, 0.3) is 6.08 Å². The Bertz CT molecular complexity index is 908. The summed E-state index contributed by atoms with van der Waals surface area (Å²) in [6.07, 6.45) is 3.81. The third kappa shape index (κ3) is 5.98. The molecule has 0 fully saturated rings. The predicted octanol–water partition coefficient (Wildman–Crippen LogP) is 4.30. The Kier molecular flexibility index (Phi) is 7.65. The zero-order valence-corrected chi connectivity index (χ0v) is 17.7. The van der Waals surface area contributed by atoms with Gasteiger partial charge in [0.25, 0.3) is 0 Å². The number of ether oxygens (including phenoxy) is 2. The summed E-state index contributed by atoms with van der Waals surface area (Å²) in [5.41, 5.74) is 3.18. The van der Waals surface area contributed by atoms with E-state index in [1.165, 1.54) is 25.3 Å². The second kappa shape index (κ2) is 9.96. The number of benzene rings is 1. The Morgan fingerprint density at radius 1 is 1.21 bits per heavy atom. The van der Waals surface area contributed by atoms with Gasteiger partial charge in [0.2, 0.25) is 5.78 Å². The number of aromatic nitrogens is 1. The van der Waals surface area contributed by atoms with Crippen molar-refractivity contribution in [1.29, 1.82) is 0 Å². The number of aromatic hydroxyl groups is 1. The number of esters is 1. The summed E-state index contributed by atoms with van der Waals surface area (Å²) in [6.45, 7) is 8.78. The lowest BCUT2D eigenvalue weighted by molar-refractivity contribution is -0.136. The fourth-order valence-corrected chi connectivity index (χ4v) is 3.04. The van der Waals surface area contributed by atoms with E-state index in [1.807, 2.05) is 19.9 Å². The summed E-state index contributed by atoms with van der Waals surface area (Å²) in [7, 11) is 1.45. The molecule has 6 heteroatoms. The molecule has 0 aliphatic heterocycles. The van der Waals surface area contributed by atoms with E-state index in [0.717, 1.165) is 24.4 Å². The summed E-state index contributed by atoms with van der Waals surface area (Å²) in [6, 6.07) is 6.56. The van der Waals surface area contributed by atoms with Crippen molar-refractivity contribution in [3.05, 3.63) is 52.9 Å². The number of carbonyl (C=O) groups excluding carboxylic acids is 2. The quantitative estimate of drug-likeness (QED) is 0.386. The molecule has 0 atom stereocenters. The maximum atomic E-state index is 12.5. The Morgan fingerprint density at radius 3 is 2.59 bits per heavy atom. The highest BCUT2D eigenvalue weighted by molar-refractivity contribution is 6.00. The minimum Gasteiger partial charge on any atom is -0.504 e. The molecule has 2 aromatic rings. The van der Waals surface area contributed by atoms with Gasteiger partial charge >= 0.3 is 5.97 Å². The third-order valence-corrected chi connectivity index (χ3v) is 4.77. The first-order valence-corrected chi connectivity index (χ1v) is 9.64. The fraction of sp³-hybridized carbons (Fsp3) is 0.391. The van der Waals surface area contributed by atoms with Crippen LogP contribution < -0.4 is 4.74 Å². The zero-order chi connectivity index (χ0) is 21.6. The van der Waals surface area contributed by atoms with E-state index in [4.69, 9.17) is 9.47 Å². The fourth-order valence-electron chi connectivity index (χ4n) is 3.04. The molecule has 29 heavy (non-hydrogen) atoms. The lowest BCUT2D eigenvalue weighted by Gasteiger charge is -2.11. The Labute approximate surface area is 171 Å². The average Bonchev–Trinajstić information content (AvgIpc) is 2.97. The van der Waals surface area contributed by atoms with Crippen LogP contribution in [0.4, 0.5) is 0 Å². The van der Waals surface area contributed by atoms with Crippen LogP contribution in [0.15, 0.2) is 30.3 Å². The minimum absolute atomic E-state index is 0.0174. The van der Waals surface area contributed by atoms with Crippen LogP contribution in [0.1, 0.15) is 47.6 Å². The first-order valence-electron chi connectivity index (χ1n) is 9.64. The van der Waals surface area contributed by atoms with Gasteiger partial charge in [0.1, 0.15) is 0 Å². The standard InChI is InChI=1S/C23H29NO5/c1-15(2)10-11-24-16(3)12-19(17(24)4)21(26)14-29-23(27)9-7-18-6-8-20(25)22(13-18)28-5/h6-9,12-13,15,25H,10-11,14H2,1-5H3. The molecule has 6 nitrogen and oxygen atoms in total. The van der Waals surface area contributed by atoms with E-state index in [0.29, 0.717) is 22.8 Å². The molecule has 0 radical (unpaired) electrons. The van der Waals surface area contributed by atoms with Gasteiger partial charge in [-0.1, -0.05) is 19.9 Å². The molecule has 0 aliphatic rings. The molecule has 0 saturated heterocycles. The minimum atomic E-state index is -0.612. The van der Waals surface area contributed by atoms with Crippen LogP contribution in [-0.4, -0.2) is 35.1 Å². The molecule has 0 spiro atoms. The van der Waals surface area contributed by atoms with Gasteiger partial charge in [-0.3, -0.25) is 4.79 Å². The van der Waals surface area contributed by atoms with E-state index in [1.54, 1.807) is 12.1 Å². The van der Waals surface area contributed by atoms with Crippen LogP contribution in [0, 0.1) is 19.8 Å². The summed E-state index contributed by atoms with van der Waals surface area (Å²) >= 11 is 0. The van der Waals surface area contributed by atoms with Crippen LogP contribution >= 0.6 is 0 Å². The molecule has 0 unspecified atom stereocenters. The van der Waals surface area contributed by atoms with Crippen LogP contribution in [0.3, 0.4) is 0 Å². The highest BCUT2D eigenvalue weighted by atomic mass is 16.5. The van der Waals surface area contributed by atoms with Crippen molar-refractivity contribution in [2.45, 2.75) is 40.7 Å². The number of methoxy groups -OCH3 is 1. The number of carbonyl (C=O) groups is 2. The van der Waals surface area contributed by atoms with E-state index < -0.39 is 5.97 Å².